The van der Waals surface area contributed by atoms with Crippen molar-refractivity contribution in [3.05, 3.63) is 35.9 Å². The molecule has 0 fully saturated rings. The molecule has 0 saturated carbocycles. The van der Waals surface area contributed by atoms with Crippen molar-refractivity contribution in [2.75, 3.05) is 7.11 Å². The van der Waals surface area contributed by atoms with E-state index >= 15 is 0 Å². The van der Waals surface area contributed by atoms with Gasteiger partial charge in [-0.3, -0.25) is 0 Å². The van der Waals surface area contributed by atoms with Crippen molar-refractivity contribution in [2.45, 2.75) is 19.1 Å². The molecule has 0 aliphatic rings. The molecule has 0 saturated heterocycles. The van der Waals surface area contributed by atoms with E-state index in [1.165, 1.54) is 0 Å². The van der Waals surface area contributed by atoms with E-state index < -0.39 is 6.10 Å². The van der Waals surface area contributed by atoms with Crippen LogP contribution >= 0.6 is 0 Å². The van der Waals surface area contributed by atoms with Gasteiger partial charge in [-0.05, 0) is 12.5 Å². The van der Waals surface area contributed by atoms with Crippen LogP contribution in [0.5, 0.6) is 0 Å². The molecule has 1 rings (SSSR count). The molecule has 0 spiro atoms. The molecule has 2 heteroatoms. The van der Waals surface area contributed by atoms with Crippen LogP contribution in [0.2, 0.25) is 0 Å². The molecule has 0 heterocycles. The second kappa shape index (κ2) is 4.24. The van der Waals surface area contributed by atoms with Gasteiger partial charge in [0, 0.05) is 7.11 Å². The number of aliphatic hydroxyl groups excluding tert-OH is 1. The molecule has 0 radical (unpaired) electrons. The Balaban J connectivity index is 2.71. The highest BCUT2D eigenvalue weighted by atomic mass is 16.5. The maximum absolute atomic E-state index is 9.66. The lowest BCUT2D eigenvalue weighted by Gasteiger charge is -2.17. The largest absolute Gasteiger partial charge is 0.386 e. The van der Waals surface area contributed by atoms with Crippen LogP contribution in [-0.4, -0.2) is 18.3 Å². The first-order valence-corrected chi connectivity index (χ1v) is 4.01. The molecule has 1 aromatic rings. The van der Waals surface area contributed by atoms with Crippen LogP contribution in [0.4, 0.5) is 0 Å². The predicted octanol–water partition coefficient (Wildman–Crippen LogP) is 1.75. The van der Waals surface area contributed by atoms with Gasteiger partial charge < -0.3 is 9.84 Å². The van der Waals surface area contributed by atoms with E-state index in [1.54, 1.807) is 7.11 Å². The summed E-state index contributed by atoms with van der Waals surface area (Å²) in [6, 6.07) is 9.51. The Labute approximate surface area is 72.8 Å². The van der Waals surface area contributed by atoms with E-state index in [1.807, 2.05) is 37.3 Å². The number of methoxy groups -OCH3 is 1. The summed E-state index contributed by atoms with van der Waals surface area (Å²) in [5.41, 5.74) is 0.895. The van der Waals surface area contributed by atoms with Gasteiger partial charge in [0.25, 0.3) is 0 Å². The summed E-state index contributed by atoms with van der Waals surface area (Å²) in [5, 5.41) is 9.66. The Hall–Kier alpha value is -0.860. The standard InChI is InChI=1S/C10H14O2/c1-8(12-2)10(11)9-6-4-3-5-7-9/h3-8,10-11H,1-2H3/t8-,10-/m0/s1. The van der Waals surface area contributed by atoms with Crippen LogP contribution in [0.3, 0.4) is 0 Å². The molecule has 0 bridgehead atoms. The summed E-state index contributed by atoms with van der Waals surface area (Å²) in [5.74, 6) is 0. The minimum atomic E-state index is -0.531. The van der Waals surface area contributed by atoms with Crippen LogP contribution < -0.4 is 0 Å². The zero-order valence-electron chi connectivity index (χ0n) is 7.40. The summed E-state index contributed by atoms with van der Waals surface area (Å²) in [4.78, 5) is 0. The average molecular weight is 166 g/mol. The smallest absolute Gasteiger partial charge is 0.105 e. The number of hydrogen-bond acceptors (Lipinski definition) is 2. The fourth-order valence-electron chi connectivity index (χ4n) is 1.05. The summed E-state index contributed by atoms with van der Waals surface area (Å²) in [6.07, 6.45) is -0.691. The second-order valence-corrected chi connectivity index (χ2v) is 2.80. The molecule has 0 aromatic heterocycles. The van der Waals surface area contributed by atoms with Crippen molar-refractivity contribution in [1.29, 1.82) is 0 Å². The third-order valence-corrected chi connectivity index (χ3v) is 1.96. The Morgan fingerprint density at radius 2 is 1.83 bits per heavy atom. The zero-order chi connectivity index (χ0) is 8.97. The van der Waals surface area contributed by atoms with Crippen molar-refractivity contribution in [3.63, 3.8) is 0 Å². The van der Waals surface area contributed by atoms with Gasteiger partial charge in [0.1, 0.15) is 6.10 Å². The van der Waals surface area contributed by atoms with Crippen LogP contribution in [0.25, 0.3) is 0 Å². The Kier molecular flexibility index (Phi) is 3.26. The predicted molar refractivity (Wildman–Crippen MR) is 47.9 cm³/mol. The minimum absolute atomic E-state index is 0.160. The van der Waals surface area contributed by atoms with Crippen molar-refractivity contribution < 1.29 is 9.84 Å². The SMILES string of the molecule is CO[C@@H](C)[C@H](O)c1ccccc1. The quantitative estimate of drug-likeness (QED) is 0.741. The highest BCUT2D eigenvalue weighted by molar-refractivity contribution is 5.17. The third-order valence-electron chi connectivity index (χ3n) is 1.96. The van der Waals surface area contributed by atoms with Gasteiger partial charge >= 0.3 is 0 Å². The van der Waals surface area contributed by atoms with Crippen molar-refractivity contribution in [1.82, 2.24) is 0 Å². The normalized spacial score (nSPS) is 15.6. The summed E-state index contributed by atoms with van der Waals surface area (Å²) < 4.78 is 5.02. The van der Waals surface area contributed by atoms with E-state index in [4.69, 9.17) is 4.74 Å². The lowest BCUT2D eigenvalue weighted by atomic mass is 10.1. The molecular formula is C10H14O2. The van der Waals surface area contributed by atoms with E-state index in [0.29, 0.717) is 0 Å². The van der Waals surface area contributed by atoms with Gasteiger partial charge in [-0.25, -0.2) is 0 Å². The number of aliphatic hydroxyl groups is 1. The van der Waals surface area contributed by atoms with Crippen molar-refractivity contribution >= 4 is 0 Å². The number of benzene rings is 1. The topological polar surface area (TPSA) is 29.5 Å². The maximum Gasteiger partial charge on any atom is 0.105 e. The van der Waals surface area contributed by atoms with Crippen LogP contribution in [0.1, 0.15) is 18.6 Å². The zero-order valence-corrected chi connectivity index (χ0v) is 7.40. The lowest BCUT2D eigenvalue weighted by molar-refractivity contribution is -0.00142. The summed E-state index contributed by atoms with van der Waals surface area (Å²) in [6.45, 7) is 1.84. The van der Waals surface area contributed by atoms with Crippen molar-refractivity contribution in [3.8, 4) is 0 Å². The van der Waals surface area contributed by atoms with Crippen LogP contribution in [0.15, 0.2) is 30.3 Å². The van der Waals surface area contributed by atoms with E-state index in [0.717, 1.165) is 5.56 Å². The maximum atomic E-state index is 9.66. The fourth-order valence-corrected chi connectivity index (χ4v) is 1.05. The van der Waals surface area contributed by atoms with E-state index in [2.05, 4.69) is 0 Å². The molecule has 0 aliphatic carbocycles. The molecule has 2 atom stereocenters. The molecular weight excluding hydrogens is 152 g/mol. The Morgan fingerprint density at radius 3 is 2.33 bits per heavy atom. The third kappa shape index (κ3) is 2.06. The van der Waals surface area contributed by atoms with E-state index in [-0.39, 0.29) is 6.10 Å². The second-order valence-electron chi connectivity index (χ2n) is 2.80. The first-order valence-electron chi connectivity index (χ1n) is 4.01. The van der Waals surface area contributed by atoms with Gasteiger partial charge in [0.2, 0.25) is 0 Å². The number of rotatable bonds is 3. The van der Waals surface area contributed by atoms with Gasteiger partial charge in [-0.15, -0.1) is 0 Å². The molecule has 2 nitrogen and oxygen atoms in total. The average Bonchev–Trinajstić information content (AvgIpc) is 2.17. The van der Waals surface area contributed by atoms with E-state index in [9.17, 15) is 5.11 Å². The Morgan fingerprint density at radius 1 is 1.25 bits per heavy atom. The molecule has 0 aliphatic heterocycles. The molecule has 12 heavy (non-hydrogen) atoms. The molecule has 0 amide bonds. The highest BCUT2D eigenvalue weighted by Gasteiger charge is 2.14. The van der Waals surface area contributed by atoms with Gasteiger partial charge in [0.05, 0.1) is 6.10 Å². The van der Waals surface area contributed by atoms with Gasteiger partial charge in [-0.1, -0.05) is 30.3 Å². The molecule has 66 valence electrons. The molecule has 1 aromatic carbocycles. The molecule has 1 N–H and O–H groups in total. The lowest BCUT2D eigenvalue weighted by Crippen LogP contribution is -2.16. The van der Waals surface area contributed by atoms with Gasteiger partial charge in [0.15, 0.2) is 0 Å². The van der Waals surface area contributed by atoms with Crippen LogP contribution in [0, 0.1) is 0 Å². The highest BCUT2D eigenvalue weighted by Crippen LogP contribution is 2.17. The first-order chi connectivity index (χ1) is 5.75. The fraction of sp³-hybridized carbons (Fsp3) is 0.400. The first kappa shape index (κ1) is 9.23. The van der Waals surface area contributed by atoms with Crippen molar-refractivity contribution in [2.24, 2.45) is 0 Å². The molecule has 0 unspecified atom stereocenters. The summed E-state index contributed by atoms with van der Waals surface area (Å²) in [7, 11) is 1.59. The number of ether oxygens (including phenoxy) is 1. The van der Waals surface area contributed by atoms with Gasteiger partial charge in [-0.2, -0.15) is 0 Å². The minimum Gasteiger partial charge on any atom is -0.386 e. The van der Waals surface area contributed by atoms with Crippen LogP contribution in [-0.2, 0) is 4.74 Å². The summed E-state index contributed by atoms with van der Waals surface area (Å²) >= 11 is 0. The number of hydrogen-bond donors (Lipinski definition) is 1. The Bertz CT molecular complexity index is 221. The monoisotopic (exact) mass is 166 g/mol.